The van der Waals surface area contributed by atoms with E-state index in [0.717, 1.165) is 4.31 Å². The van der Waals surface area contributed by atoms with Crippen LogP contribution in [0.25, 0.3) is 11.5 Å². The van der Waals surface area contributed by atoms with Crippen molar-refractivity contribution >= 4 is 21.7 Å². The number of nitrogens with zero attached hydrogens (tertiary/aromatic N) is 3. The summed E-state index contributed by atoms with van der Waals surface area (Å²) >= 11 is 0. The highest BCUT2D eigenvalue weighted by Crippen LogP contribution is 2.24. The van der Waals surface area contributed by atoms with Crippen LogP contribution >= 0.6 is 0 Å². The van der Waals surface area contributed by atoms with Gasteiger partial charge in [-0.1, -0.05) is 5.16 Å². The number of carbonyl (C=O) groups excluding carboxylic acids is 1. The summed E-state index contributed by atoms with van der Waals surface area (Å²) in [6.45, 7) is -0.304. The van der Waals surface area contributed by atoms with Crippen LogP contribution in [0, 0.1) is 0 Å². The van der Waals surface area contributed by atoms with Gasteiger partial charge in [-0.2, -0.15) is 4.98 Å². The first-order valence-electron chi connectivity index (χ1n) is 9.81. The van der Waals surface area contributed by atoms with E-state index in [9.17, 15) is 13.2 Å². The summed E-state index contributed by atoms with van der Waals surface area (Å²) in [6.07, 6.45) is 0. The monoisotopic (exact) mass is 476 g/mol. The maximum Gasteiger partial charge on any atom is 0.340 e. The summed E-state index contributed by atoms with van der Waals surface area (Å²) in [7, 11) is 0.572. The summed E-state index contributed by atoms with van der Waals surface area (Å²) in [5, 5.41) is 15.7. The number of aromatic nitrogens is 2. The van der Waals surface area contributed by atoms with E-state index in [-0.39, 0.29) is 41.9 Å². The van der Waals surface area contributed by atoms with E-state index in [2.05, 4.69) is 15.5 Å². The molecule has 0 saturated heterocycles. The number of anilines is 1. The molecule has 33 heavy (non-hydrogen) atoms. The van der Waals surface area contributed by atoms with Crippen molar-refractivity contribution < 1.29 is 32.3 Å². The first-order chi connectivity index (χ1) is 15.8. The summed E-state index contributed by atoms with van der Waals surface area (Å²) < 4.78 is 41.6. The Morgan fingerprint density at radius 1 is 1.18 bits per heavy atom. The van der Waals surface area contributed by atoms with Gasteiger partial charge in [-0.25, -0.2) is 17.5 Å². The Labute approximate surface area is 191 Å². The molecule has 12 heteroatoms. The van der Waals surface area contributed by atoms with Crippen LogP contribution in [0.1, 0.15) is 16.2 Å². The third kappa shape index (κ3) is 5.66. The first kappa shape index (κ1) is 24.2. The normalized spacial score (nSPS) is 11.4. The zero-order valence-electron chi connectivity index (χ0n) is 18.3. The standard InChI is InChI=1S/C21H24N4O7S/c1-25(2)33(28,29)16-8-9-18(22-10-11-26)17(12-16)21(27)31-13-19-23-20(32-24-19)14-4-6-15(30-3)7-5-14/h4-9,12,22,26H,10-11,13H2,1-3H3. The van der Waals surface area contributed by atoms with Crippen molar-refractivity contribution in [3.63, 3.8) is 0 Å². The van der Waals surface area contributed by atoms with Crippen molar-refractivity contribution in [1.29, 1.82) is 0 Å². The minimum absolute atomic E-state index is 0.00903. The highest BCUT2D eigenvalue weighted by molar-refractivity contribution is 7.89. The molecule has 11 nitrogen and oxygen atoms in total. The number of sulfonamides is 1. The molecule has 0 fully saturated rings. The van der Waals surface area contributed by atoms with Crippen LogP contribution in [0.5, 0.6) is 5.75 Å². The lowest BCUT2D eigenvalue weighted by atomic mass is 10.2. The van der Waals surface area contributed by atoms with E-state index in [0.29, 0.717) is 17.0 Å². The molecule has 0 aliphatic rings. The first-order valence-corrected chi connectivity index (χ1v) is 11.3. The number of carbonyl (C=O) groups is 1. The second kappa shape index (κ2) is 10.4. The average molecular weight is 477 g/mol. The number of benzene rings is 2. The lowest BCUT2D eigenvalue weighted by Crippen LogP contribution is -2.23. The lowest BCUT2D eigenvalue weighted by Gasteiger charge is -2.15. The van der Waals surface area contributed by atoms with Crippen LogP contribution < -0.4 is 10.1 Å². The molecule has 2 N–H and O–H groups in total. The summed E-state index contributed by atoms with van der Waals surface area (Å²) in [5.74, 6) is 0.266. The van der Waals surface area contributed by atoms with Crippen LogP contribution in [0.4, 0.5) is 5.69 Å². The minimum atomic E-state index is -3.77. The number of ether oxygens (including phenoxy) is 2. The zero-order valence-corrected chi connectivity index (χ0v) is 19.1. The van der Waals surface area contributed by atoms with E-state index in [4.69, 9.17) is 19.1 Å². The van der Waals surface area contributed by atoms with Gasteiger partial charge in [0.1, 0.15) is 5.75 Å². The van der Waals surface area contributed by atoms with Gasteiger partial charge in [-0.3, -0.25) is 0 Å². The molecular formula is C21H24N4O7S. The Morgan fingerprint density at radius 2 is 1.91 bits per heavy atom. The largest absolute Gasteiger partial charge is 0.497 e. The van der Waals surface area contributed by atoms with Crippen molar-refractivity contribution in [1.82, 2.24) is 14.4 Å². The SMILES string of the molecule is COc1ccc(-c2nc(COC(=O)c3cc(S(=O)(=O)N(C)C)ccc3NCCO)no2)cc1. The second-order valence-electron chi connectivity index (χ2n) is 6.97. The molecule has 0 amide bonds. The van der Waals surface area contributed by atoms with Gasteiger partial charge >= 0.3 is 5.97 Å². The molecule has 0 unspecified atom stereocenters. The predicted octanol–water partition coefficient (Wildman–Crippen LogP) is 1.76. The molecule has 2 aromatic carbocycles. The minimum Gasteiger partial charge on any atom is -0.497 e. The summed E-state index contributed by atoms with van der Waals surface area (Å²) in [6, 6.07) is 11.0. The predicted molar refractivity (Wildman–Crippen MR) is 118 cm³/mol. The molecule has 3 rings (SSSR count). The second-order valence-corrected chi connectivity index (χ2v) is 9.12. The molecule has 0 saturated carbocycles. The fourth-order valence-corrected chi connectivity index (χ4v) is 3.71. The average Bonchev–Trinajstić information content (AvgIpc) is 3.30. The summed E-state index contributed by atoms with van der Waals surface area (Å²) in [5.41, 5.74) is 0.974. The molecular weight excluding hydrogens is 452 g/mol. The molecule has 176 valence electrons. The Bertz CT molecular complexity index is 1210. The van der Waals surface area contributed by atoms with E-state index in [1.54, 1.807) is 31.4 Å². The van der Waals surface area contributed by atoms with Crippen molar-refractivity contribution in [2.45, 2.75) is 11.5 Å². The fraction of sp³-hybridized carbons (Fsp3) is 0.286. The van der Waals surface area contributed by atoms with Crippen LogP contribution in [0.15, 0.2) is 51.9 Å². The van der Waals surface area contributed by atoms with E-state index in [1.807, 2.05) is 0 Å². The van der Waals surface area contributed by atoms with Crippen LogP contribution in [-0.4, -0.2) is 68.3 Å². The fourth-order valence-electron chi connectivity index (χ4n) is 2.78. The van der Waals surface area contributed by atoms with E-state index < -0.39 is 16.0 Å². The number of methoxy groups -OCH3 is 1. The van der Waals surface area contributed by atoms with Crippen molar-refractivity contribution in [3.05, 3.63) is 53.9 Å². The molecule has 0 aliphatic carbocycles. The number of aliphatic hydroxyl groups is 1. The van der Waals surface area contributed by atoms with Crippen molar-refractivity contribution in [2.75, 3.05) is 39.7 Å². The number of hydrogen-bond donors (Lipinski definition) is 2. The topological polar surface area (TPSA) is 144 Å². The van der Waals surface area contributed by atoms with Gasteiger partial charge in [-0.05, 0) is 42.5 Å². The van der Waals surface area contributed by atoms with Gasteiger partial charge in [0.15, 0.2) is 6.61 Å². The maximum atomic E-state index is 12.8. The van der Waals surface area contributed by atoms with Gasteiger partial charge in [0, 0.05) is 31.9 Å². The number of esters is 1. The number of hydrogen-bond acceptors (Lipinski definition) is 10. The number of rotatable bonds is 10. The maximum absolute atomic E-state index is 12.8. The quantitative estimate of drug-likeness (QED) is 0.415. The molecule has 3 aromatic rings. The van der Waals surface area contributed by atoms with Crippen molar-refractivity contribution in [2.24, 2.45) is 0 Å². The highest BCUT2D eigenvalue weighted by atomic mass is 32.2. The molecule has 0 spiro atoms. The van der Waals surface area contributed by atoms with E-state index >= 15 is 0 Å². The molecule has 0 atom stereocenters. The Hall–Kier alpha value is -3.48. The van der Waals surface area contributed by atoms with Gasteiger partial charge in [0.05, 0.1) is 24.2 Å². The molecule has 1 aromatic heterocycles. The molecule has 0 radical (unpaired) electrons. The Kier molecular flexibility index (Phi) is 7.63. The number of aliphatic hydroxyl groups excluding tert-OH is 1. The van der Waals surface area contributed by atoms with Gasteiger partial charge in [0.2, 0.25) is 15.8 Å². The zero-order chi connectivity index (χ0) is 24.0. The van der Waals surface area contributed by atoms with Crippen LogP contribution in [0.2, 0.25) is 0 Å². The molecule has 1 heterocycles. The third-order valence-electron chi connectivity index (χ3n) is 4.55. The van der Waals surface area contributed by atoms with Crippen molar-refractivity contribution in [3.8, 4) is 17.2 Å². The smallest absolute Gasteiger partial charge is 0.340 e. The van der Waals surface area contributed by atoms with Gasteiger partial charge in [-0.15, -0.1) is 0 Å². The Morgan fingerprint density at radius 3 is 2.55 bits per heavy atom. The lowest BCUT2D eigenvalue weighted by molar-refractivity contribution is 0.0460. The summed E-state index contributed by atoms with van der Waals surface area (Å²) in [4.78, 5) is 16.9. The van der Waals surface area contributed by atoms with E-state index in [1.165, 1.54) is 32.3 Å². The Balaban J connectivity index is 1.78. The number of nitrogens with one attached hydrogen (secondary N) is 1. The molecule has 0 aliphatic heterocycles. The van der Waals surface area contributed by atoms with Gasteiger partial charge in [0.25, 0.3) is 5.89 Å². The van der Waals surface area contributed by atoms with Gasteiger partial charge < -0.3 is 24.4 Å². The van der Waals surface area contributed by atoms with Crippen LogP contribution in [-0.2, 0) is 21.4 Å². The highest BCUT2D eigenvalue weighted by Gasteiger charge is 2.22. The molecule has 0 bridgehead atoms. The third-order valence-corrected chi connectivity index (χ3v) is 6.37. The van der Waals surface area contributed by atoms with Crippen LogP contribution in [0.3, 0.4) is 0 Å².